The Bertz CT molecular complexity index is 1100. The molecular formula is C23H23ClN4O4. The highest BCUT2D eigenvalue weighted by Crippen LogP contribution is 2.39. The van der Waals surface area contributed by atoms with E-state index in [1.54, 1.807) is 49.4 Å². The largest absolute Gasteiger partial charge is 0.467 e. The minimum Gasteiger partial charge on any atom is -0.467 e. The summed E-state index contributed by atoms with van der Waals surface area (Å²) in [5, 5.41) is 6.10. The Morgan fingerprint density at radius 3 is 2.81 bits per heavy atom. The first kappa shape index (κ1) is 21.7. The lowest BCUT2D eigenvalue weighted by molar-refractivity contribution is -0.135. The van der Waals surface area contributed by atoms with Gasteiger partial charge in [-0.3, -0.25) is 14.5 Å². The van der Waals surface area contributed by atoms with Gasteiger partial charge in [0.1, 0.15) is 11.8 Å². The van der Waals surface area contributed by atoms with Gasteiger partial charge in [-0.05, 0) is 30.7 Å². The molecule has 0 fully saturated rings. The van der Waals surface area contributed by atoms with Crippen molar-refractivity contribution in [3.63, 3.8) is 0 Å². The van der Waals surface area contributed by atoms with Crippen molar-refractivity contribution in [1.29, 1.82) is 0 Å². The van der Waals surface area contributed by atoms with Gasteiger partial charge < -0.3 is 20.0 Å². The second-order valence-electron chi connectivity index (χ2n) is 7.57. The summed E-state index contributed by atoms with van der Waals surface area (Å²) in [5.74, 6) is -0.0282. The molecule has 166 valence electrons. The van der Waals surface area contributed by atoms with E-state index in [-0.39, 0.29) is 37.5 Å². The van der Waals surface area contributed by atoms with Gasteiger partial charge in [-0.2, -0.15) is 0 Å². The summed E-state index contributed by atoms with van der Waals surface area (Å²) in [6.07, 6.45) is 3.12. The molecule has 9 heteroatoms. The summed E-state index contributed by atoms with van der Waals surface area (Å²) < 4.78 is 5.24. The lowest BCUT2D eigenvalue weighted by Gasteiger charge is -2.33. The number of urea groups is 1. The Kier molecular flexibility index (Phi) is 6.05. The average molecular weight is 455 g/mol. The molecule has 4 rings (SSSR count). The summed E-state index contributed by atoms with van der Waals surface area (Å²) in [7, 11) is 0. The van der Waals surface area contributed by atoms with Crippen LogP contribution in [0.1, 0.15) is 24.3 Å². The minimum absolute atomic E-state index is 0.131. The van der Waals surface area contributed by atoms with Crippen molar-refractivity contribution in [2.45, 2.75) is 25.6 Å². The monoisotopic (exact) mass is 454 g/mol. The SMILES string of the molecule is C=CCN1C(=O)N[C@@H](c2ccccc2Cl)C2=C1CN([C@H](C)C(=O)NCc1ccco1)C2=O. The smallest absolute Gasteiger partial charge is 0.322 e. The predicted octanol–water partition coefficient (Wildman–Crippen LogP) is 2.99. The fraction of sp³-hybridized carbons (Fsp3) is 0.261. The van der Waals surface area contributed by atoms with Crippen LogP contribution in [-0.4, -0.2) is 46.8 Å². The Balaban J connectivity index is 1.61. The van der Waals surface area contributed by atoms with Crippen molar-refractivity contribution in [3.05, 3.63) is 82.9 Å². The standard InChI is InChI=1S/C23H23ClN4O4/c1-3-10-27-18-13-28(14(2)21(29)25-12-15-7-6-11-32-15)22(30)19(18)20(26-23(27)31)16-8-4-5-9-17(16)24/h3-9,11,14,20H,1,10,12-13H2,2H3,(H,25,29)(H,26,31)/t14-,20+/m1/s1. The van der Waals surface area contributed by atoms with Crippen molar-refractivity contribution in [1.82, 2.24) is 20.4 Å². The van der Waals surface area contributed by atoms with Gasteiger partial charge in [-0.15, -0.1) is 6.58 Å². The number of nitrogens with zero attached hydrogens (tertiary/aromatic N) is 2. The maximum absolute atomic E-state index is 13.5. The Morgan fingerprint density at radius 2 is 2.12 bits per heavy atom. The van der Waals surface area contributed by atoms with Crippen molar-refractivity contribution in [2.75, 3.05) is 13.1 Å². The van der Waals surface area contributed by atoms with Crippen LogP contribution >= 0.6 is 11.6 Å². The van der Waals surface area contributed by atoms with Crippen LogP contribution in [0.3, 0.4) is 0 Å². The molecule has 0 spiro atoms. The first-order valence-corrected chi connectivity index (χ1v) is 10.6. The zero-order valence-electron chi connectivity index (χ0n) is 17.5. The highest BCUT2D eigenvalue weighted by molar-refractivity contribution is 6.31. The van der Waals surface area contributed by atoms with Crippen molar-refractivity contribution < 1.29 is 18.8 Å². The fourth-order valence-corrected chi connectivity index (χ4v) is 4.21. The van der Waals surface area contributed by atoms with Gasteiger partial charge in [0.2, 0.25) is 5.91 Å². The molecule has 0 bridgehead atoms. The number of carbonyl (C=O) groups is 3. The Labute approximate surface area is 190 Å². The number of carbonyl (C=O) groups excluding carboxylic acids is 3. The first-order chi connectivity index (χ1) is 15.4. The van der Waals surface area contributed by atoms with Crippen LogP contribution < -0.4 is 10.6 Å². The molecule has 0 radical (unpaired) electrons. The van der Waals surface area contributed by atoms with Gasteiger partial charge in [-0.25, -0.2) is 4.79 Å². The van der Waals surface area contributed by atoms with Crippen LogP contribution in [0.5, 0.6) is 0 Å². The molecule has 2 aliphatic rings. The molecule has 0 saturated heterocycles. The molecule has 0 unspecified atom stereocenters. The molecule has 2 aromatic rings. The highest BCUT2D eigenvalue weighted by atomic mass is 35.5. The van der Waals surface area contributed by atoms with Gasteiger partial charge in [0, 0.05) is 11.6 Å². The predicted molar refractivity (Wildman–Crippen MR) is 118 cm³/mol. The topological polar surface area (TPSA) is 94.9 Å². The van der Waals surface area contributed by atoms with E-state index < -0.39 is 12.1 Å². The maximum Gasteiger partial charge on any atom is 0.322 e. The molecule has 1 aromatic carbocycles. The van der Waals surface area contributed by atoms with E-state index in [1.165, 1.54) is 16.1 Å². The van der Waals surface area contributed by atoms with Gasteiger partial charge >= 0.3 is 6.03 Å². The van der Waals surface area contributed by atoms with Crippen molar-refractivity contribution in [2.24, 2.45) is 0 Å². The van der Waals surface area contributed by atoms with E-state index in [4.69, 9.17) is 16.0 Å². The van der Waals surface area contributed by atoms with E-state index in [2.05, 4.69) is 17.2 Å². The zero-order chi connectivity index (χ0) is 22.8. The van der Waals surface area contributed by atoms with E-state index >= 15 is 0 Å². The molecular weight excluding hydrogens is 432 g/mol. The summed E-state index contributed by atoms with van der Waals surface area (Å²) in [4.78, 5) is 42.0. The van der Waals surface area contributed by atoms with E-state index in [0.717, 1.165) is 0 Å². The lowest BCUT2D eigenvalue weighted by atomic mass is 9.95. The molecule has 8 nitrogen and oxygen atoms in total. The summed E-state index contributed by atoms with van der Waals surface area (Å²) in [5.41, 5.74) is 1.58. The maximum atomic E-state index is 13.5. The summed E-state index contributed by atoms with van der Waals surface area (Å²) in [6, 6.07) is 8.75. The Hall–Kier alpha value is -3.52. The molecule has 2 atom stereocenters. The van der Waals surface area contributed by atoms with Crippen LogP contribution in [-0.2, 0) is 16.1 Å². The normalized spacial score (nSPS) is 19.0. The third kappa shape index (κ3) is 3.89. The number of benzene rings is 1. The number of halogens is 1. The van der Waals surface area contributed by atoms with Gasteiger partial charge in [0.25, 0.3) is 5.91 Å². The van der Waals surface area contributed by atoms with E-state index in [0.29, 0.717) is 27.6 Å². The quantitative estimate of drug-likeness (QED) is 0.629. The fourth-order valence-electron chi connectivity index (χ4n) is 3.97. The van der Waals surface area contributed by atoms with Crippen molar-refractivity contribution >= 4 is 29.4 Å². The highest BCUT2D eigenvalue weighted by Gasteiger charge is 2.46. The summed E-state index contributed by atoms with van der Waals surface area (Å²) >= 11 is 6.38. The number of nitrogens with one attached hydrogen (secondary N) is 2. The molecule has 32 heavy (non-hydrogen) atoms. The number of hydrogen-bond acceptors (Lipinski definition) is 4. The lowest BCUT2D eigenvalue weighted by Crippen LogP contribution is -2.47. The Morgan fingerprint density at radius 1 is 1.34 bits per heavy atom. The summed E-state index contributed by atoms with van der Waals surface area (Å²) in [6.45, 7) is 5.95. The van der Waals surface area contributed by atoms with E-state index in [1.807, 2.05) is 0 Å². The third-order valence-corrected chi connectivity index (χ3v) is 5.99. The van der Waals surface area contributed by atoms with E-state index in [9.17, 15) is 14.4 Å². The molecule has 2 aliphatic heterocycles. The zero-order valence-corrected chi connectivity index (χ0v) is 18.3. The number of furan rings is 1. The molecule has 0 aliphatic carbocycles. The van der Waals surface area contributed by atoms with Gasteiger partial charge in [-0.1, -0.05) is 35.9 Å². The number of hydrogen-bond donors (Lipinski definition) is 2. The van der Waals surface area contributed by atoms with Gasteiger partial charge in [0.05, 0.1) is 36.7 Å². The second kappa shape index (κ2) is 8.92. The molecule has 0 saturated carbocycles. The van der Waals surface area contributed by atoms with Crippen molar-refractivity contribution in [3.8, 4) is 0 Å². The van der Waals surface area contributed by atoms with Crippen LogP contribution in [0, 0.1) is 0 Å². The van der Waals surface area contributed by atoms with Crippen LogP contribution in [0.4, 0.5) is 4.79 Å². The van der Waals surface area contributed by atoms with Crippen LogP contribution in [0.15, 0.2) is 71.0 Å². The number of amides is 4. The van der Waals surface area contributed by atoms with Gasteiger partial charge in [0.15, 0.2) is 0 Å². The third-order valence-electron chi connectivity index (χ3n) is 5.64. The molecule has 2 N–H and O–H groups in total. The number of rotatable bonds is 7. The molecule has 3 heterocycles. The average Bonchev–Trinajstić information content (AvgIpc) is 3.42. The molecule has 4 amide bonds. The minimum atomic E-state index is -0.754. The second-order valence-corrected chi connectivity index (χ2v) is 7.98. The van der Waals surface area contributed by atoms with Crippen LogP contribution in [0.2, 0.25) is 5.02 Å². The molecule has 1 aromatic heterocycles. The van der Waals surface area contributed by atoms with Crippen LogP contribution in [0.25, 0.3) is 0 Å². The first-order valence-electron chi connectivity index (χ1n) is 10.2.